The minimum absolute atomic E-state index is 0.0770. The first kappa shape index (κ1) is 20.3. The summed E-state index contributed by atoms with van der Waals surface area (Å²) in [6, 6.07) is 7.35. The monoisotopic (exact) mass is 388 g/mol. The third-order valence-electron chi connectivity index (χ3n) is 6.05. The SMILES string of the molecule is CN1CCN(Cc2ccc(C(N)=O)cc2)C[C@@]12CCC(=O)N(CC(=O)O)CC2. The first-order valence-corrected chi connectivity index (χ1v) is 9.61. The van der Waals surface area contributed by atoms with Crippen LogP contribution in [-0.4, -0.2) is 82.9 Å². The summed E-state index contributed by atoms with van der Waals surface area (Å²) < 4.78 is 0. The van der Waals surface area contributed by atoms with Crippen LogP contribution in [0.15, 0.2) is 24.3 Å². The van der Waals surface area contributed by atoms with E-state index in [1.54, 1.807) is 12.1 Å². The maximum absolute atomic E-state index is 12.3. The number of likely N-dealkylation sites (tertiary alicyclic amines) is 1. The number of amides is 2. The summed E-state index contributed by atoms with van der Waals surface area (Å²) in [6.07, 6.45) is 1.87. The fraction of sp³-hybridized carbons (Fsp3) is 0.550. The highest BCUT2D eigenvalue weighted by Gasteiger charge is 2.42. The molecule has 1 aromatic rings. The van der Waals surface area contributed by atoms with Crippen LogP contribution in [0.5, 0.6) is 0 Å². The molecule has 0 radical (unpaired) electrons. The Morgan fingerprint density at radius 3 is 2.50 bits per heavy atom. The van der Waals surface area contributed by atoms with Crippen molar-refractivity contribution in [3.63, 3.8) is 0 Å². The van der Waals surface area contributed by atoms with Gasteiger partial charge in [-0.15, -0.1) is 0 Å². The zero-order valence-electron chi connectivity index (χ0n) is 16.3. The molecule has 1 spiro atoms. The molecule has 2 heterocycles. The third-order valence-corrected chi connectivity index (χ3v) is 6.05. The number of carboxylic acids is 1. The quantitative estimate of drug-likeness (QED) is 0.755. The van der Waals surface area contributed by atoms with Gasteiger partial charge in [0.15, 0.2) is 0 Å². The standard InChI is InChI=1S/C20H28N4O4/c1-22-10-11-23(12-15-2-4-16(5-3-15)19(21)28)14-20(22)7-6-17(25)24(9-8-20)13-18(26)27/h2-5H,6-14H2,1H3,(H2,21,28)(H,26,27)/t20-/m0/s1. The summed E-state index contributed by atoms with van der Waals surface area (Å²) in [5, 5.41) is 9.05. The second-order valence-corrected chi connectivity index (χ2v) is 7.88. The molecule has 0 aromatic heterocycles. The van der Waals surface area contributed by atoms with E-state index in [9.17, 15) is 14.4 Å². The number of piperazine rings is 1. The molecule has 2 aliphatic heterocycles. The maximum Gasteiger partial charge on any atom is 0.323 e. The molecule has 0 saturated carbocycles. The lowest BCUT2D eigenvalue weighted by atomic mass is 9.86. The van der Waals surface area contributed by atoms with Crippen LogP contribution < -0.4 is 5.73 Å². The largest absolute Gasteiger partial charge is 0.480 e. The molecule has 8 heteroatoms. The lowest BCUT2D eigenvalue weighted by Crippen LogP contribution is -2.60. The molecule has 2 saturated heterocycles. The minimum atomic E-state index is -0.970. The fourth-order valence-corrected chi connectivity index (χ4v) is 4.27. The summed E-state index contributed by atoms with van der Waals surface area (Å²) >= 11 is 0. The van der Waals surface area contributed by atoms with Gasteiger partial charge >= 0.3 is 5.97 Å². The molecule has 2 fully saturated rings. The van der Waals surface area contributed by atoms with Gasteiger partial charge in [0.25, 0.3) is 0 Å². The first-order valence-electron chi connectivity index (χ1n) is 9.61. The number of nitrogens with two attached hydrogens (primary N) is 1. The van der Waals surface area contributed by atoms with Crippen molar-refractivity contribution < 1.29 is 19.5 Å². The summed E-state index contributed by atoms with van der Waals surface area (Å²) in [6.45, 7) is 3.65. The van der Waals surface area contributed by atoms with Gasteiger partial charge in [-0.05, 0) is 37.6 Å². The van der Waals surface area contributed by atoms with Crippen molar-refractivity contribution in [2.24, 2.45) is 5.73 Å². The van der Waals surface area contributed by atoms with E-state index in [4.69, 9.17) is 10.8 Å². The van der Waals surface area contributed by atoms with Gasteiger partial charge in [0.05, 0.1) is 0 Å². The van der Waals surface area contributed by atoms with Crippen LogP contribution in [0.3, 0.4) is 0 Å². The Kier molecular flexibility index (Phi) is 6.00. The Balaban J connectivity index is 1.68. The van der Waals surface area contributed by atoms with Crippen LogP contribution in [0.2, 0.25) is 0 Å². The van der Waals surface area contributed by atoms with Crippen LogP contribution >= 0.6 is 0 Å². The Hall–Kier alpha value is -2.45. The molecule has 0 bridgehead atoms. The first-order chi connectivity index (χ1) is 13.3. The number of carbonyl (C=O) groups excluding carboxylic acids is 2. The molecule has 8 nitrogen and oxygen atoms in total. The normalized spacial score (nSPS) is 24.3. The molecular weight excluding hydrogens is 360 g/mol. The predicted molar refractivity (Wildman–Crippen MR) is 104 cm³/mol. The number of hydrogen-bond acceptors (Lipinski definition) is 5. The van der Waals surface area contributed by atoms with Gasteiger partial charge in [-0.3, -0.25) is 24.2 Å². The molecule has 2 amide bonds. The van der Waals surface area contributed by atoms with Crippen molar-refractivity contribution in [2.75, 3.05) is 39.8 Å². The van der Waals surface area contributed by atoms with Crippen molar-refractivity contribution in [3.05, 3.63) is 35.4 Å². The van der Waals surface area contributed by atoms with Crippen LogP contribution in [0, 0.1) is 0 Å². The summed E-state index contributed by atoms with van der Waals surface area (Å²) in [7, 11) is 2.09. The van der Waals surface area contributed by atoms with Gasteiger partial charge in [-0.1, -0.05) is 12.1 Å². The Morgan fingerprint density at radius 2 is 1.86 bits per heavy atom. The van der Waals surface area contributed by atoms with Crippen molar-refractivity contribution in [3.8, 4) is 0 Å². The number of likely N-dealkylation sites (N-methyl/N-ethyl adjacent to an activating group) is 1. The van der Waals surface area contributed by atoms with Crippen LogP contribution in [0.4, 0.5) is 0 Å². The number of benzene rings is 1. The van der Waals surface area contributed by atoms with Crippen LogP contribution in [0.25, 0.3) is 0 Å². The Labute approximate surface area is 164 Å². The number of nitrogens with zero attached hydrogens (tertiary/aromatic N) is 3. The molecule has 1 aromatic carbocycles. The highest BCUT2D eigenvalue weighted by molar-refractivity contribution is 5.92. The molecule has 3 rings (SSSR count). The molecule has 1 atom stereocenters. The van der Waals surface area contributed by atoms with Crippen molar-refractivity contribution in [1.82, 2.24) is 14.7 Å². The second-order valence-electron chi connectivity index (χ2n) is 7.88. The molecule has 152 valence electrons. The number of rotatable bonds is 5. The van der Waals surface area contributed by atoms with E-state index < -0.39 is 11.9 Å². The Bertz CT molecular complexity index is 751. The maximum atomic E-state index is 12.3. The zero-order chi connectivity index (χ0) is 20.3. The van der Waals surface area contributed by atoms with E-state index in [0.717, 1.165) is 44.6 Å². The number of carbonyl (C=O) groups is 3. The number of hydrogen-bond donors (Lipinski definition) is 2. The molecule has 3 N–H and O–H groups in total. The third kappa shape index (κ3) is 4.51. The highest BCUT2D eigenvalue weighted by atomic mass is 16.4. The average Bonchev–Trinajstić information content (AvgIpc) is 2.80. The van der Waals surface area contributed by atoms with Crippen LogP contribution in [-0.2, 0) is 16.1 Å². The second kappa shape index (κ2) is 8.28. The van der Waals surface area contributed by atoms with E-state index in [1.165, 1.54) is 4.90 Å². The topological polar surface area (TPSA) is 107 Å². The molecular formula is C20H28N4O4. The zero-order valence-corrected chi connectivity index (χ0v) is 16.3. The number of aliphatic carboxylic acids is 1. The fourth-order valence-electron chi connectivity index (χ4n) is 4.27. The number of carboxylic acid groups (broad SMARTS) is 1. The number of primary amides is 1. The molecule has 0 unspecified atom stereocenters. The summed E-state index contributed by atoms with van der Waals surface area (Å²) in [5.74, 6) is -1.48. The van der Waals surface area contributed by atoms with E-state index in [2.05, 4.69) is 16.8 Å². The van der Waals surface area contributed by atoms with E-state index in [-0.39, 0.29) is 18.0 Å². The minimum Gasteiger partial charge on any atom is -0.480 e. The lowest BCUT2D eigenvalue weighted by Gasteiger charge is -2.49. The molecule has 0 aliphatic carbocycles. The van der Waals surface area contributed by atoms with E-state index in [0.29, 0.717) is 18.5 Å². The highest BCUT2D eigenvalue weighted by Crippen LogP contribution is 2.32. The molecule has 2 aliphatic rings. The Morgan fingerprint density at radius 1 is 1.14 bits per heavy atom. The lowest BCUT2D eigenvalue weighted by molar-refractivity contribution is -0.144. The predicted octanol–water partition coefficient (Wildman–Crippen LogP) is 0.369. The van der Waals surface area contributed by atoms with Crippen LogP contribution in [0.1, 0.15) is 35.2 Å². The average molecular weight is 388 g/mol. The summed E-state index contributed by atoms with van der Waals surface area (Å²) in [5.41, 5.74) is 6.78. The van der Waals surface area contributed by atoms with Gasteiger partial charge in [0.2, 0.25) is 11.8 Å². The van der Waals surface area contributed by atoms with Gasteiger partial charge < -0.3 is 15.7 Å². The van der Waals surface area contributed by atoms with Gasteiger partial charge in [-0.2, -0.15) is 0 Å². The smallest absolute Gasteiger partial charge is 0.323 e. The van der Waals surface area contributed by atoms with Crippen molar-refractivity contribution >= 4 is 17.8 Å². The summed E-state index contributed by atoms with van der Waals surface area (Å²) in [4.78, 5) is 40.8. The van der Waals surface area contributed by atoms with Gasteiger partial charge in [0.1, 0.15) is 6.54 Å². The van der Waals surface area contributed by atoms with Crippen molar-refractivity contribution in [2.45, 2.75) is 31.3 Å². The van der Waals surface area contributed by atoms with Crippen molar-refractivity contribution in [1.29, 1.82) is 0 Å². The van der Waals surface area contributed by atoms with Gasteiger partial charge in [0, 0.05) is 50.2 Å². The molecule has 28 heavy (non-hydrogen) atoms. The van der Waals surface area contributed by atoms with E-state index >= 15 is 0 Å². The van der Waals surface area contributed by atoms with E-state index in [1.807, 2.05) is 12.1 Å². The van der Waals surface area contributed by atoms with Gasteiger partial charge in [-0.25, -0.2) is 0 Å².